The highest BCUT2D eigenvalue weighted by Gasteiger charge is 2.13. The van der Waals surface area contributed by atoms with E-state index in [2.05, 4.69) is 5.32 Å². The van der Waals surface area contributed by atoms with Crippen LogP contribution in [-0.2, 0) is 17.9 Å². The average molecular weight is 391 g/mol. The number of hydrogen-bond donors (Lipinski definition) is 1. The Morgan fingerprint density at radius 1 is 1.22 bits per heavy atom. The van der Waals surface area contributed by atoms with E-state index in [4.69, 9.17) is 25.5 Å². The Hall–Kier alpha value is -2.93. The Morgan fingerprint density at radius 2 is 2.04 bits per heavy atom. The number of rotatable bonds is 7. The fraction of sp³-hybridized carbons (Fsp3) is 0.263. The van der Waals surface area contributed by atoms with E-state index in [0.29, 0.717) is 34.2 Å². The molecule has 1 heterocycles. The van der Waals surface area contributed by atoms with Crippen LogP contribution < -0.4 is 20.5 Å². The summed E-state index contributed by atoms with van der Waals surface area (Å²) in [6, 6.07) is 10.3. The maximum atomic E-state index is 12.3. The first-order chi connectivity index (χ1) is 13.0. The summed E-state index contributed by atoms with van der Waals surface area (Å²) < 4.78 is 17.2. The molecule has 0 spiro atoms. The number of carbonyl (C=O) groups excluding carboxylic acids is 1. The molecule has 0 atom stereocenters. The topological polar surface area (TPSA) is 82.7 Å². The number of carbonyl (C=O) groups is 1. The van der Waals surface area contributed by atoms with Crippen LogP contribution in [-0.4, -0.2) is 24.2 Å². The van der Waals surface area contributed by atoms with E-state index in [0.717, 1.165) is 5.56 Å². The van der Waals surface area contributed by atoms with Crippen LogP contribution in [0.4, 0.5) is 0 Å². The average Bonchev–Trinajstić information content (AvgIpc) is 2.95. The van der Waals surface area contributed by atoms with Gasteiger partial charge in [0.2, 0.25) is 5.91 Å². The summed E-state index contributed by atoms with van der Waals surface area (Å²) in [6.07, 6.45) is 0. The van der Waals surface area contributed by atoms with Gasteiger partial charge in [-0.3, -0.25) is 9.36 Å². The van der Waals surface area contributed by atoms with Crippen LogP contribution in [0, 0.1) is 0 Å². The second-order valence-corrected chi connectivity index (χ2v) is 6.20. The van der Waals surface area contributed by atoms with Crippen molar-refractivity contribution < 1.29 is 18.7 Å². The maximum Gasteiger partial charge on any atom is 0.420 e. The van der Waals surface area contributed by atoms with E-state index in [1.54, 1.807) is 37.4 Å². The molecule has 7 nitrogen and oxygen atoms in total. The summed E-state index contributed by atoms with van der Waals surface area (Å²) in [5.74, 6) is 0.315. The first-order valence-corrected chi connectivity index (χ1v) is 8.75. The molecule has 3 rings (SSSR count). The fourth-order valence-corrected chi connectivity index (χ4v) is 2.85. The number of ether oxygens (including phenoxy) is 2. The van der Waals surface area contributed by atoms with Crippen molar-refractivity contribution >= 4 is 28.6 Å². The molecule has 8 heteroatoms. The van der Waals surface area contributed by atoms with Gasteiger partial charge in [0.15, 0.2) is 17.1 Å². The van der Waals surface area contributed by atoms with Crippen LogP contribution in [0.15, 0.2) is 45.6 Å². The zero-order valence-corrected chi connectivity index (χ0v) is 15.7. The third-order valence-corrected chi connectivity index (χ3v) is 4.18. The van der Waals surface area contributed by atoms with E-state index < -0.39 is 5.76 Å². The molecule has 27 heavy (non-hydrogen) atoms. The maximum absolute atomic E-state index is 12.3. The minimum absolute atomic E-state index is 0.151. The number of oxazole rings is 1. The Balaban J connectivity index is 1.69. The molecule has 1 amide bonds. The van der Waals surface area contributed by atoms with Crippen molar-refractivity contribution in [2.75, 3.05) is 13.7 Å². The Bertz CT molecular complexity index is 1020. The van der Waals surface area contributed by atoms with Gasteiger partial charge in [0.25, 0.3) is 0 Å². The minimum Gasteiger partial charge on any atom is -0.493 e. The van der Waals surface area contributed by atoms with Gasteiger partial charge in [-0.15, -0.1) is 0 Å². The van der Waals surface area contributed by atoms with Gasteiger partial charge in [-0.25, -0.2) is 4.79 Å². The molecule has 0 aliphatic heterocycles. The van der Waals surface area contributed by atoms with Crippen LogP contribution in [0.5, 0.6) is 11.5 Å². The molecule has 0 radical (unpaired) electrons. The number of hydrogen-bond acceptors (Lipinski definition) is 5. The van der Waals surface area contributed by atoms with Gasteiger partial charge < -0.3 is 19.2 Å². The molecule has 2 aromatic carbocycles. The monoisotopic (exact) mass is 390 g/mol. The predicted molar refractivity (Wildman–Crippen MR) is 101 cm³/mol. The molecule has 0 saturated carbocycles. The van der Waals surface area contributed by atoms with E-state index in [9.17, 15) is 9.59 Å². The number of nitrogens with zero attached hydrogens (tertiary/aromatic N) is 1. The third-order valence-electron chi connectivity index (χ3n) is 3.95. The Kier molecular flexibility index (Phi) is 5.71. The molecule has 0 fully saturated rings. The molecule has 1 aromatic heterocycles. The molecule has 3 aromatic rings. The highest BCUT2D eigenvalue weighted by molar-refractivity contribution is 6.31. The van der Waals surface area contributed by atoms with Crippen molar-refractivity contribution in [3.05, 3.63) is 57.5 Å². The molecule has 0 aliphatic carbocycles. The van der Waals surface area contributed by atoms with Crippen molar-refractivity contribution in [1.82, 2.24) is 9.88 Å². The van der Waals surface area contributed by atoms with Crippen LogP contribution in [0.1, 0.15) is 12.5 Å². The van der Waals surface area contributed by atoms with E-state index in [1.165, 1.54) is 4.57 Å². The highest BCUT2D eigenvalue weighted by atomic mass is 35.5. The second kappa shape index (κ2) is 8.18. The lowest BCUT2D eigenvalue weighted by atomic mass is 10.2. The van der Waals surface area contributed by atoms with Gasteiger partial charge in [-0.05, 0) is 36.8 Å². The lowest BCUT2D eigenvalue weighted by Gasteiger charge is -2.11. The summed E-state index contributed by atoms with van der Waals surface area (Å²) in [5, 5.41) is 3.24. The quantitative estimate of drug-likeness (QED) is 0.670. The van der Waals surface area contributed by atoms with Crippen molar-refractivity contribution in [1.29, 1.82) is 0 Å². The van der Waals surface area contributed by atoms with Crippen LogP contribution in [0.25, 0.3) is 11.1 Å². The standard InChI is InChI=1S/C19H19ClN2O5/c1-3-26-15-7-4-12(8-17(15)25-2)10-21-18(23)11-22-14-6-5-13(20)9-16(14)27-19(22)24/h4-9H,3,10-11H2,1-2H3,(H,21,23). The van der Waals surface area contributed by atoms with E-state index in [-0.39, 0.29) is 19.0 Å². The van der Waals surface area contributed by atoms with Gasteiger partial charge in [0.1, 0.15) is 6.54 Å². The normalized spacial score (nSPS) is 10.8. The first-order valence-electron chi connectivity index (χ1n) is 8.37. The zero-order chi connectivity index (χ0) is 19.4. The predicted octanol–water partition coefficient (Wildman–Crippen LogP) is 2.97. The number of amides is 1. The molecule has 0 saturated heterocycles. The van der Waals surface area contributed by atoms with Crippen LogP contribution >= 0.6 is 11.6 Å². The zero-order valence-electron chi connectivity index (χ0n) is 15.0. The summed E-state index contributed by atoms with van der Waals surface area (Å²) in [7, 11) is 1.56. The van der Waals surface area contributed by atoms with E-state index >= 15 is 0 Å². The fourth-order valence-electron chi connectivity index (χ4n) is 2.69. The lowest BCUT2D eigenvalue weighted by Crippen LogP contribution is -2.30. The van der Waals surface area contributed by atoms with E-state index in [1.807, 2.05) is 13.0 Å². The Morgan fingerprint density at radius 3 is 2.78 bits per heavy atom. The molecule has 0 bridgehead atoms. The van der Waals surface area contributed by atoms with Crippen LogP contribution in [0.3, 0.4) is 0 Å². The number of aromatic nitrogens is 1. The number of nitrogens with one attached hydrogen (secondary N) is 1. The van der Waals surface area contributed by atoms with Gasteiger partial charge in [0.05, 0.1) is 19.2 Å². The first kappa shape index (κ1) is 18.8. The number of fused-ring (bicyclic) bond motifs is 1. The van der Waals surface area contributed by atoms with Crippen molar-refractivity contribution in [2.24, 2.45) is 0 Å². The Labute approximate surface area is 160 Å². The van der Waals surface area contributed by atoms with Crippen molar-refractivity contribution in [2.45, 2.75) is 20.0 Å². The molecule has 0 aliphatic rings. The molecule has 0 unspecified atom stereocenters. The van der Waals surface area contributed by atoms with Gasteiger partial charge in [-0.1, -0.05) is 17.7 Å². The minimum atomic E-state index is -0.606. The summed E-state index contributed by atoms with van der Waals surface area (Å²) >= 11 is 5.89. The second-order valence-electron chi connectivity index (χ2n) is 5.76. The summed E-state index contributed by atoms with van der Waals surface area (Å²) in [6.45, 7) is 2.56. The molecule has 1 N–H and O–H groups in total. The highest BCUT2D eigenvalue weighted by Crippen LogP contribution is 2.28. The number of methoxy groups -OCH3 is 1. The smallest absolute Gasteiger partial charge is 0.420 e. The van der Waals surface area contributed by atoms with Gasteiger partial charge >= 0.3 is 5.76 Å². The van der Waals surface area contributed by atoms with Crippen molar-refractivity contribution in [3.63, 3.8) is 0 Å². The largest absolute Gasteiger partial charge is 0.493 e. The van der Waals surface area contributed by atoms with Gasteiger partial charge in [0, 0.05) is 17.6 Å². The van der Waals surface area contributed by atoms with Crippen LogP contribution in [0.2, 0.25) is 5.02 Å². The summed E-state index contributed by atoms with van der Waals surface area (Å²) in [4.78, 5) is 24.3. The molecular formula is C19H19ClN2O5. The molecule has 142 valence electrons. The number of halogens is 1. The van der Waals surface area contributed by atoms with Crippen molar-refractivity contribution in [3.8, 4) is 11.5 Å². The SMILES string of the molecule is CCOc1ccc(CNC(=O)Cn2c(=O)oc3cc(Cl)ccc32)cc1OC. The number of benzene rings is 2. The third kappa shape index (κ3) is 4.25. The summed E-state index contributed by atoms with van der Waals surface area (Å²) in [5.41, 5.74) is 1.71. The molecular weight excluding hydrogens is 372 g/mol. The van der Waals surface area contributed by atoms with Gasteiger partial charge in [-0.2, -0.15) is 0 Å². The lowest BCUT2D eigenvalue weighted by molar-refractivity contribution is -0.121.